The molecule has 2 heteroatoms. The maximum absolute atomic E-state index is 9.11. The van der Waals surface area contributed by atoms with Gasteiger partial charge in [-0.1, -0.05) is 31.9 Å². The third-order valence-electron chi connectivity index (χ3n) is 3.68. The third-order valence-corrected chi connectivity index (χ3v) is 3.68. The predicted molar refractivity (Wildman–Crippen MR) is 71.0 cm³/mol. The van der Waals surface area contributed by atoms with Crippen molar-refractivity contribution in [3.05, 3.63) is 29.8 Å². The van der Waals surface area contributed by atoms with E-state index in [1.807, 2.05) is 18.2 Å². The molecule has 1 aliphatic rings. The van der Waals surface area contributed by atoms with Crippen LogP contribution in [0.4, 0.5) is 5.69 Å². The lowest BCUT2D eigenvalue weighted by Gasteiger charge is -2.34. The molecule has 0 spiro atoms. The summed E-state index contributed by atoms with van der Waals surface area (Å²) in [6, 6.07) is 10.2. The lowest BCUT2D eigenvalue weighted by atomic mass is 9.92. The van der Waals surface area contributed by atoms with E-state index in [0.717, 1.165) is 30.3 Å². The minimum atomic E-state index is 0.807. The van der Waals surface area contributed by atoms with E-state index in [-0.39, 0.29) is 0 Å². The Balaban J connectivity index is 2.03. The van der Waals surface area contributed by atoms with Crippen LogP contribution in [0.3, 0.4) is 0 Å². The number of nitriles is 1. The molecule has 1 aromatic carbocycles. The van der Waals surface area contributed by atoms with Crippen LogP contribution in [0.15, 0.2) is 24.3 Å². The van der Waals surface area contributed by atoms with Gasteiger partial charge >= 0.3 is 0 Å². The Morgan fingerprint density at radius 1 is 1.29 bits per heavy atom. The van der Waals surface area contributed by atoms with Gasteiger partial charge in [0.25, 0.3) is 0 Å². The number of rotatable bonds is 3. The molecule has 0 aromatic heterocycles. The summed E-state index contributed by atoms with van der Waals surface area (Å²) in [6.45, 7) is 4.46. The first-order valence-corrected chi connectivity index (χ1v) is 6.59. The molecule has 0 unspecified atom stereocenters. The molecule has 0 N–H and O–H groups in total. The molecule has 1 aliphatic heterocycles. The van der Waals surface area contributed by atoms with Gasteiger partial charge in [-0.2, -0.15) is 5.26 Å². The molecule has 0 amide bonds. The van der Waals surface area contributed by atoms with Crippen molar-refractivity contribution >= 4 is 5.69 Å². The Morgan fingerprint density at radius 3 is 2.65 bits per heavy atom. The molecule has 1 aromatic rings. The van der Waals surface area contributed by atoms with Gasteiger partial charge in [-0.15, -0.1) is 0 Å². The smallest absolute Gasteiger partial charge is 0.101 e. The Bertz CT molecular complexity index is 398. The van der Waals surface area contributed by atoms with E-state index in [1.54, 1.807) is 0 Å². The average Bonchev–Trinajstić information content (AvgIpc) is 2.40. The van der Waals surface area contributed by atoms with Gasteiger partial charge in [-0.25, -0.2) is 0 Å². The van der Waals surface area contributed by atoms with E-state index in [0.29, 0.717) is 0 Å². The molecule has 0 bridgehead atoms. The average molecular weight is 228 g/mol. The summed E-state index contributed by atoms with van der Waals surface area (Å²) < 4.78 is 0. The largest absolute Gasteiger partial charge is 0.370 e. The van der Waals surface area contributed by atoms with Crippen LogP contribution in [0, 0.1) is 17.2 Å². The molecular formula is C15H20N2. The molecule has 2 nitrogen and oxygen atoms in total. The molecule has 17 heavy (non-hydrogen) atoms. The van der Waals surface area contributed by atoms with Gasteiger partial charge in [-0.05, 0) is 30.9 Å². The molecule has 0 aliphatic carbocycles. The summed E-state index contributed by atoms with van der Waals surface area (Å²) in [7, 11) is 0. The number of piperidine rings is 1. The maximum atomic E-state index is 9.11. The molecule has 1 saturated heterocycles. The zero-order chi connectivity index (χ0) is 12.1. The van der Waals surface area contributed by atoms with E-state index in [4.69, 9.17) is 5.26 Å². The van der Waals surface area contributed by atoms with Gasteiger partial charge in [0.1, 0.15) is 6.07 Å². The molecule has 1 heterocycles. The summed E-state index contributed by atoms with van der Waals surface area (Å²) >= 11 is 0. The molecule has 0 atom stereocenters. The van der Waals surface area contributed by atoms with Gasteiger partial charge < -0.3 is 4.90 Å². The maximum Gasteiger partial charge on any atom is 0.101 e. The van der Waals surface area contributed by atoms with Gasteiger partial charge in [-0.3, -0.25) is 0 Å². The summed E-state index contributed by atoms with van der Waals surface area (Å²) in [5.74, 6) is 0.894. The first-order valence-electron chi connectivity index (χ1n) is 6.59. The van der Waals surface area contributed by atoms with Crippen molar-refractivity contribution in [3.8, 4) is 6.07 Å². The number of hydrogen-bond acceptors (Lipinski definition) is 2. The Kier molecular flexibility index (Phi) is 4.03. The normalized spacial score (nSPS) is 16.8. The second kappa shape index (κ2) is 5.72. The zero-order valence-corrected chi connectivity index (χ0v) is 10.5. The van der Waals surface area contributed by atoms with Crippen LogP contribution in [-0.4, -0.2) is 13.1 Å². The lowest BCUT2D eigenvalue weighted by Crippen LogP contribution is -2.34. The first-order chi connectivity index (χ1) is 8.35. The lowest BCUT2D eigenvalue weighted by molar-refractivity contribution is 0.378. The fourth-order valence-electron chi connectivity index (χ4n) is 2.71. The highest BCUT2D eigenvalue weighted by Crippen LogP contribution is 2.27. The van der Waals surface area contributed by atoms with Crippen molar-refractivity contribution in [2.45, 2.75) is 32.6 Å². The second-order valence-corrected chi connectivity index (χ2v) is 4.85. The van der Waals surface area contributed by atoms with Crippen molar-refractivity contribution in [2.75, 3.05) is 18.0 Å². The molecule has 90 valence electrons. The number of anilines is 1. The van der Waals surface area contributed by atoms with Crippen molar-refractivity contribution < 1.29 is 0 Å². The van der Waals surface area contributed by atoms with Crippen LogP contribution in [0.25, 0.3) is 0 Å². The number of benzene rings is 1. The van der Waals surface area contributed by atoms with Crippen LogP contribution in [-0.2, 0) is 0 Å². The monoisotopic (exact) mass is 228 g/mol. The highest BCUT2D eigenvalue weighted by molar-refractivity contribution is 5.59. The SMILES string of the molecule is CCCC1CCN(c2ccccc2C#N)CC1. The van der Waals surface area contributed by atoms with Crippen LogP contribution < -0.4 is 4.90 Å². The Labute approximate surface area is 104 Å². The summed E-state index contributed by atoms with van der Waals surface area (Å²) in [6.07, 6.45) is 5.19. The van der Waals surface area contributed by atoms with E-state index in [1.165, 1.54) is 25.7 Å². The highest BCUT2D eigenvalue weighted by atomic mass is 15.1. The molecular weight excluding hydrogens is 208 g/mol. The van der Waals surface area contributed by atoms with Crippen molar-refractivity contribution in [1.29, 1.82) is 5.26 Å². The van der Waals surface area contributed by atoms with Gasteiger partial charge in [0.05, 0.1) is 11.3 Å². The van der Waals surface area contributed by atoms with Crippen molar-refractivity contribution in [3.63, 3.8) is 0 Å². The minimum Gasteiger partial charge on any atom is -0.370 e. The quantitative estimate of drug-likeness (QED) is 0.790. The predicted octanol–water partition coefficient (Wildman–Crippen LogP) is 3.57. The van der Waals surface area contributed by atoms with Gasteiger partial charge in [0.2, 0.25) is 0 Å². The third kappa shape index (κ3) is 2.79. The van der Waals surface area contributed by atoms with Crippen molar-refractivity contribution in [2.24, 2.45) is 5.92 Å². The van der Waals surface area contributed by atoms with E-state index in [2.05, 4.69) is 24.0 Å². The minimum absolute atomic E-state index is 0.807. The number of nitrogens with zero attached hydrogens (tertiary/aromatic N) is 2. The second-order valence-electron chi connectivity index (χ2n) is 4.85. The summed E-state index contributed by atoms with van der Waals surface area (Å²) in [5.41, 5.74) is 1.92. The first kappa shape index (κ1) is 12.0. The standard InChI is InChI=1S/C15H20N2/c1-2-5-13-8-10-17(11-9-13)15-7-4-3-6-14(15)12-16/h3-4,6-7,13H,2,5,8-11H2,1H3. The van der Waals surface area contributed by atoms with E-state index in [9.17, 15) is 0 Å². The van der Waals surface area contributed by atoms with Gasteiger partial charge in [0.15, 0.2) is 0 Å². The van der Waals surface area contributed by atoms with E-state index < -0.39 is 0 Å². The number of para-hydroxylation sites is 1. The Morgan fingerprint density at radius 2 is 2.00 bits per heavy atom. The molecule has 1 fully saturated rings. The summed E-state index contributed by atoms with van der Waals surface area (Å²) in [4.78, 5) is 2.37. The molecule has 0 saturated carbocycles. The van der Waals surface area contributed by atoms with Crippen LogP contribution in [0.2, 0.25) is 0 Å². The Hall–Kier alpha value is -1.49. The highest BCUT2D eigenvalue weighted by Gasteiger charge is 2.20. The molecule has 2 rings (SSSR count). The number of hydrogen-bond donors (Lipinski definition) is 0. The van der Waals surface area contributed by atoms with Crippen molar-refractivity contribution in [1.82, 2.24) is 0 Å². The molecule has 0 radical (unpaired) electrons. The van der Waals surface area contributed by atoms with E-state index >= 15 is 0 Å². The van der Waals surface area contributed by atoms with Gasteiger partial charge in [0, 0.05) is 13.1 Å². The summed E-state index contributed by atoms with van der Waals surface area (Å²) in [5, 5.41) is 9.11. The van der Waals surface area contributed by atoms with Crippen LogP contribution >= 0.6 is 0 Å². The topological polar surface area (TPSA) is 27.0 Å². The fourth-order valence-corrected chi connectivity index (χ4v) is 2.71. The zero-order valence-electron chi connectivity index (χ0n) is 10.5. The van der Waals surface area contributed by atoms with Crippen LogP contribution in [0.5, 0.6) is 0 Å². The fraction of sp³-hybridized carbons (Fsp3) is 0.533. The van der Waals surface area contributed by atoms with Crippen LogP contribution in [0.1, 0.15) is 38.2 Å².